The van der Waals surface area contributed by atoms with Crippen molar-refractivity contribution >= 4 is 0 Å². The smallest absolute Gasteiger partial charge is 0.138 e. The molecule has 0 bridgehead atoms. The number of rotatable bonds is 5. The summed E-state index contributed by atoms with van der Waals surface area (Å²) < 4.78 is 1.89. The van der Waals surface area contributed by atoms with Gasteiger partial charge < -0.3 is 5.11 Å². The Hall–Kier alpha value is -0.900. The van der Waals surface area contributed by atoms with Gasteiger partial charge in [-0.15, -0.1) is 0 Å². The third-order valence-corrected chi connectivity index (χ3v) is 2.02. The van der Waals surface area contributed by atoms with Gasteiger partial charge in [0, 0.05) is 13.0 Å². The third-order valence-electron chi connectivity index (χ3n) is 2.02. The van der Waals surface area contributed by atoms with Gasteiger partial charge in [0.25, 0.3) is 0 Å². The van der Waals surface area contributed by atoms with Gasteiger partial charge >= 0.3 is 0 Å². The van der Waals surface area contributed by atoms with Gasteiger partial charge in [0.05, 0.1) is 6.10 Å². The van der Waals surface area contributed by atoms with Crippen LogP contribution in [0.15, 0.2) is 6.33 Å². The van der Waals surface area contributed by atoms with Gasteiger partial charge in [0.1, 0.15) is 12.2 Å². The second kappa shape index (κ2) is 4.97. The Morgan fingerprint density at radius 2 is 2.38 bits per heavy atom. The molecular weight excluding hydrogens is 166 g/mol. The first-order chi connectivity index (χ1) is 6.24. The van der Waals surface area contributed by atoms with Crippen molar-refractivity contribution in [2.45, 2.75) is 45.8 Å². The molecule has 0 amide bonds. The van der Waals surface area contributed by atoms with Crippen molar-refractivity contribution in [2.24, 2.45) is 0 Å². The van der Waals surface area contributed by atoms with Gasteiger partial charge in [-0.1, -0.05) is 0 Å². The summed E-state index contributed by atoms with van der Waals surface area (Å²) in [7, 11) is 0. The topological polar surface area (TPSA) is 50.9 Å². The second-order valence-corrected chi connectivity index (χ2v) is 3.23. The molecule has 4 nitrogen and oxygen atoms in total. The minimum absolute atomic E-state index is 0.210. The lowest BCUT2D eigenvalue weighted by Gasteiger charge is -2.04. The molecule has 1 N–H and O–H groups in total. The lowest BCUT2D eigenvalue weighted by atomic mass is 10.2. The van der Waals surface area contributed by atoms with Crippen molar-refractivity contribution in [1.29, 1.82) is 0 Å². The van der Waals surface area contributed by atoms with Crippen LogP contribution in [0.4, 0.5) is 0 Å². The summed E-state index contributed by atoms with van der Waals surface area (Å²) in [6.07, 6.45) is 4.07. The quantitative estimate of drug-likeness (QED) is 0.741. The molecule has 4 heteroatoms. The van der Waals surface area contributed by atoms with E-state index in [-0.39, 0.29) is 6.10 Å². The number of aliphatic hydroxyl groups excluding tert-OH is 1. The summed E-state index contributed by atoms with van der Waals surface area (Å²) >= 11 is 0. The first kappa shape index (κ1) is 10.2. The molecule has 0 saturated carbocycles. The molecule has 13 heavy (non-hydrogen) atoms. The van der Waals surface area contributed by atoms with E-state index in [1.165, 1.54) is 0 Å². The standard InChI is InChI=1S/C9H17N3O/c1-3-12-9(10-7-11-12)6-4-5-8(2)13/h7-8,13H,3-6H2,1-2H3. The summed E-state index contributed by atoms with van der Waals surface area (Å²) in [5.41, 5.74) is 0. The molecule has 0 fully saturated rings. The van der Waals surface area contributed by atoms with E-state index < -0.39 is 0 Å². The molecule has 0 aliphatic carbocycles. The maximum atomic E-state index is 9.06. The highest BCUT2D eigenvalue weighted by molar-refractivity contribution is 4.84. The molecule has 1 heterocycles. The molecule has 0 aromatic carbocycles. The predicted molar refractivity (Wildman–Crippen MR) is 50.3 cm³/mol. The average molecular weight is 183 g/mol. The van der Waals surface area contributed by atoms with Gasteiger partial charge in [-0.25, -0.2) is 4.98 Å². The summed E-state index contributed by atoms with van der Waals surface area (Å²) in [5.74, 6) is 1.02. The van der Waals surface area contributed by atoms with E-state index in [0.29, 0.717) is 0 Å². The Balaban J connectivity index is 2.36. The third kappa shape index (κ3) is 3.14. The lowest BCUT2D eigenvalue weighted by molar-refractivity contribution is 0.181. The summed E-state index contributed by atoms with van der Waals surface area (Å²) in [4.78, 5) is 4.15. The Morgan fingerprint density at radius 3 is 3.00 bits per heavy atom. The highest BCUT2D eigenvalue weighted by Crippen LogP contribution is 2.03. The maximum absolute atomic E-state index is 9.06. The molecule has 74 valence electrons. The van der Waals surface area contributed by atoms with Crippen molar-refractivity contribution in [3.63, 3.8) is 0 Å². The van der Waals surface area contributed by atoms with Crippen LogP contribution < -0.4 is 0 Å². The highest BCUT2D eigenvalue weighted by atomic mass is 16.3. The largest absolute Gasteiger partial charge is 0.393 e. The van der Waals surface area contributed by atoms with Crippen LogP contribution in [0.25, 0.3) is 0 Å². The molecule has 0 saturated heterocycles. The number of aromatic nitrogens is 3. The minimum Gasteiger partial charge on any atom is -0.393 e. The number of nitrogens with zero attached hydrogens (tertiary/aromatic N) is 3. The van der Waals surface area contributed by atoms with Crippen molar-refractivity contribution in [1.82, 2.24) is 14.8 Å². The van der Waals surface area contributed by atoms with E-state index in [9.17, 15) is 0 Å². The molecule has 1 aromatic heterocycles. The average Bonchev–Trinajstić information content (AvgIpc) is 2.51. The highest BCUT2D eigenvalue weighted by Gasteiger charge is 2.02. The van der Waals surface area contributed by atoms with Crippen LogP contribution in [0.2, 0.25) is 0 Å². The van der Waals surface area contributed by atoms with Crippen LogP contribution in [0.5, 0.6) is 0 Å². The van der Waals surface area contributed by atoms with Crippen LogP contribution in [0, 0.1) is 0 Å². The van der Waals surface area contributed by atoms with Crippen LogP contribution in [-0.4, -0.2) is 26.0 Å². The van der Waals surface area contributed by atoms with Gasteiger partial charge in [0.2, 0.25) is 0 Å². The van der Waals surface area contributed by atoms with Gasteiger partial charge in [0.15, 0.2) is 0 Å². The first-order valence-corrected chi connectivity index (χ1v) is 4.78. The van der Waals surface area contributed by atoms with Crippen molar-refractivity contribution < 1.29 is 5.11 Å². The fraction of sp³-hybridized carbons (Fsp3) is 0.778. The predicted octanol–water partition coefficient (Wildman–Crippen LogP) is 1.00. The van der Waals surface area contributed by atoms with E-state index >= 15 is 0 Å². The van der Waals surface area contributed by atoms with Gasteiger partial charge in [-0.05, 0) is 26.7 Å². The summed E-state index contributed by atoms with van der Waals surface area (Å²) in [6, 6.07) is 0. The van der Waals surface area contributed by atoms with Crippen molar-refractivity contribution in [3.05, 3.63) is 12.2 Å². The zero-order valence-corrected chi connectivity index (χ0v) is 8.27. The van der Waals surface area contributed by atoms with E-state index in [2.05, 4.69) is 10.1 Å². The van der Waals surface area contributed by atoms with E-state index in [0.717, 1.165) is 31.6 Å². The fourth-order valence-electron chi connectivity index (χ4n) is 1.30. The minimum atomic E-state index is -0.210. The molecule has 1 atom stereocenters. The number of hydrogen-bond acceptors (Lipinski definition) is 3. The van der Waals surface area contributed by atoms with Crippen LogP contribution in [0.1, 0.15) is 32.5 Å². The molecule has 0 radical (unpaired) electrons. The van der Waals surface area contributed by atoms with E-state index in [1.54, 1.807) is 6.33 Å². The number of aryl methyl sites for hydroxylation is 2. The molecular formula is C9H17N3O. The summed E-state index contributed by atoms with van der Waals surface area (Å²) in [6.45, 7) is 4.72. The Labute approximate surface area is 78.6 Å². The molecule has 0 aliphatic heterocycles. The Bertz CT molecular complexity index is 245. The zero-order chi connectivity index (χ0) is 9.68. The molecule has 1 rings (SSSR count). The molecule has 1 unspecified atom stereocenters. The van der Waals surface area contributed by atoms with Crippen LogP contribution in [-0.2, 0) is 13.0 Å². The molecule has 0 aliphatic rings. The van der Waals surface area contributed by atoms with Crippen molar-refractivity contribution in [3.8, 4) is 0 Å². The second-order valence-electron chi connectivity index (χ2n) is 3.23. The number of aliphatic hydroxyl groups is 1. The van der Waals surface area contributed by atoms with Crippen LogP contribution in [0.3, 0.4) is 0 Å². The van der Waals surface area contributed by atoms with Gasteiger partial charge in [-0.3, -0.25) is 4.68 Å². The summed E-state index contributed by atoms with van der Waals surface area (Å²) in [5, 5.41) is 13.1. The zero-order valence-electron chi connectivity index (χ0n) is 8.27. The molecule has 0 spiro atoms. The van der Waals surface area contributed by atoms with E-state index in [1.807, 2.05) is 18.5 Å². The Kier molecular flexibility index (Phi) is 3.89. The fourth-order valence-corrected chi connectivity index (χ4v) is 1.30. The lowest BCUT2D eigenvalue weighted by Crippen LogP contribution is -2.06. The van der Waals surface area contributed by atoms with Crippen LogP contribution >= 0.6 is 0 Å². The molecule has 1 aromatic rings. The van der Waals surface area contributed by atoms with E-state index in [4.69, 9.17) is 5.11 Å². The normalized spacial score (nSPS) is 13.2. The SMILES string of the molecule is CCn1ncnc1CCCC(C)O. The maximum Gasteiger partial charge on any atom is 0.138 e. The number of hydrogen-bond donors (Lipinski definition) is 1. The monoisotopic (exact) mass is 183 g/mol. The van der Waals surface area contributed by atoms with Gasteiger partial charge in [-0.2, -0.15) is 5.10 Å². The Morgan fingerprint density at radius 1 is 1.62 bits per heavy atom. The van der Waals surface area contributed by atoms with Crippen molar-refractivity contribution in [2.75, 3.05) is 0 Å². The first-order valence-electron chi connectivity index (χ1n) is 4.78.